The van der Waals surface area contributed by atoms with Crippen LogP contribution in [0.1, 0.15) is 9.88 Å². The lowest BCUT2D eigenvalue weighted by Gasteiger charge is -1.93. The Bertz CT molecular complexity index is 828. The standard InChI is InChI=1S/C12H9N3OS3/c1-6-14-8-3-2-7(4-9(8)18-6)13-5-10-11(16)15-12(17)19-10/h2-5,16H,1H3,(H,15,17). The number of benzene rings is 1. The Morgan fingerprint density at radius 2 is 2.26 bits per heavy atom. The molecule has 4 nitrogen and oxygen atoms in total. The largest absolute Gasteiger partial charge is 0.494 e. The molecule has 0 saturated heterocycles. The molecule has 2 N–H and O–H groups in total. The minimum absolute atomic E-state index is 0.0634. The second-order valence-electron chi connectivity index (χ2n) is 3.87. The van der Waals surface area contributed by atoms with E-state index in [9.17, 15) is 5.11 Å². The molecule has 0 aliphatic carbocycles. The van der Waals surface area contributed by atoms with Crippen LogP contribution in [0.25, 0.3) is 10.2 Å². The van der Waals surface area contributed by atoms with Crippen molar-refractivity contribution in [1.82, 2.24) is 9.97 Å². The summed E-state index contributed by atoms with van der Waals surface area (Å²) < 4.78 is 1.64. The van der Waals surface area contributed by atoms with Gasteiger partial charge in [0.05, 0.1) is 27.1 Å². The molecule has 0 aliphatic heterocycles. The first-order chi connectivity index (χ1) is 9.11. The molecular formula is C12H9N3OS3. The van der Waals surface area contributed by atoms with Gasteiger partial charge in [-0.2, -0.15) is 0 Å². The second kappa shape index (κ2) is 4.84. The fraction of sp³-hybridized carbons (Fsp3) is 0.0833. The summed E-state index contributed by atoms with van der Waals surface area (Å²) in [4.78, 5) is 12.0. The van der Waals surface area contributed by atoms with Gasteiger partial charge in [-0.25, -0.2) is 4.98 Å². The third-order valence-corrected chi connectivity index (χ3v) is 4.56. The molecule has 7 heteroatoms. The van der Waals surface area contributed by atoms with E-state index in [-0.39, 0.29) is 5.88 Å². The molecule has 3 aromatic rings. The van der Waals surface area contributed by atoms with Crippen LogP contribution in [-0.4, -0.2) is 21.3 Å². The molecular weight excluding hydrogens is 298 g/mol. The van der Waals surface area contributed by atoms with Gasteiger partial charge in [0.25, 0.3) is 0 Å². The van der Waals surface area contributed by atoms with Gasteiger partial charge in [-0.3, -0.25) is 4.99 Å². The van der Waals surface area contributed by atoms with Crippen LogP contribution in [0.4, 0.5) is 5.69 Å². The molecule has 0 aliphatic rings. The first kappa shape index (κ1) is 12.5. The fourth-order valence-corrected chi connectivity index (χ4v) is 3.49. The van der Waals surface area contributed by atoms with Crippen LogP contribution in [0.2, 0.25) is 0 Å². The van der Waals surface area contributed by atoms with Crippen molar-refractivity contribution in [2.24, 2.45) is 4.99 Å². The zero-order valence-corrected chi connectivity index (χ0v) is 12.3. The molecule has 2 heterocycles. The maximum atomic E-state index is 9.57. The highest BCUT2D eigenvalue weighted by Gasteiger charge is 2.03. The van der Waals surface area contributed by atoms with E-state index in [4.69, 9.17) is 12.2 Å². The number of fused-ring (bicyclic) bond motifs is 1. The zero-order valence-electron chi connectivity index (χ0n) is 9.88. The summed E-state index contributed by atoms with van der Waals surface area (Å²) in [6.45, 7) is 1.98. The summed E-state index contributed by atoms with van der Waals surface area (Å²) in [6.07, 6.45) is 1.61. The predicted octanol–water partition coefficient (Wildman–Crippen LogP) is 4.18. The summed E-state index contributed by atoms with van der Waals surface area (Å²) in [5, 5.41) is 10.6. The van der Waals surface area contributed by atoms with Gasteiger partial charge in [0.15, 0.2) is 3.95 Å². The molecule has 2 aromatic heterocycles. The summed E-state index contributed by atoms with van der Waals surface area (Å²) in [5.74, 6) is 0.0634. The molecule has 0 atom stereocenters. The van der Waals surface area contributed by atoms with Crippen LogP contribution in [-0.2, 0) is 0 Å². The van der Waals surface area contributed by atoms with E-state index >= 15 is 0 Å². The minimum Gasteiger partial charge on any atom is -0.494 e. The third kappa shape index (κ3) is 2.58. The van der Waals surface area contributed by atoms with Crippen LogP contribution in [0.3, 0.4) is 0 Å². The number of aromatic amines is 1. The van der Waals surface area contributed by atoms with Crippen molar-refractivity contribution in [3.05, 3.63) is 32.0 Å². The van der Waals surface area contributed by atoms with Crippen molar-refractivity contribution in [2.75, 3.05) is 0 Å². The molecule has 0 amide bonds. The van der Waals surface area contributed by atoms with Crippen LogP contribution >= 0.6 is 34.9 Å². The average molecular weight is 307 g/mol. The Balaban J connectivity index is 1.96. The van der Waals surface area contributed by atoms with Crippen molar-refractivity contribution in [3.8, 4) is 5.88 Å². The fourth-order valence-electron chi connectivity index (χ4n) is 1.66. The number of H-pyrrole nitrogens is 1. The van der Waals surface area contributed by atoms with Gasteiger partial charge in [-0.1, -0.05) is 11.3 Å². The normalized spacial score (nSPS) is 11.6. The SMILES string of the molecule is Cc1nc2ccc(N=Cc3sc(=S)[nH]c3O)cc2s1. The van der Waals surface area contributed by atoms with Crippen molar-refractivity contribution in [2.45, 2.75) is 6.92 Å². The summed E-state index contributed by atoms with van der Waals surface area (Å²) >= 11 is 7.88. The van der Waals surface area contributed by atoms with Crippen LogP contribution < -0.4 is 0 Å². The highest BCUT2D eigenvalue weighted by molar-refractivity contribution is 7.73. The summed E-state index contributed by atoms with van der Waals surface area (Å²) in [6, 6.07) is 5.84. The molecule has 0 saturated carbocycles. The Labute approximate surface area is 122 Å². The van der Waals surface area contributed by atoms with E-state index in [0.29, 0.717) is 8.83 Å². The number of hydrogen-bond donors (Lipinski definition) is 2. The van der Waals surface area contributed by atoms with E-state index in [1.165, 1.54) is 11.3 Å². The molecule has 96 valence electrons. The number of aliphatic imine (C=N–C) groups is 1. The topological polar surface area (TPSA) is 61.3 Å². The Kier molecular flexibility index (Phi) is 3.17. The predicted molar refractivity (Wildman–Crippen MR) is 82.8 cm³/mol. The van der Waals surface area contributed by atoms with E-state index in [0.717, 1.165) is 20.9 Å². The molecule has 0 spiro atoms. The highest BCUT2D eigenvalue weighted by Crippen LogP contribution is 2.27. The minimum atomic E-state index is 0.0634. The number of thiazole rings is 2. The molecule has 0 radical (unpaired) electrons. The average Bonchev–Trinajstić information content (AvgIpc) is 2.87. The molecule has 0 unspecified atom stereocenters. The smallest absolute Gasteiger partial charge is 0.209 e. The zero-order chi connectivity index (χ0) is 13.4. The Morgan fingerprint density at radius 3 is 3.00 bits per heavy atom. The van der Waals surface area contributed by atoms with Gasteiger partial charge in [0.1, 0.15) is 4.88 Å². The first-order valence-corrected chi connectivity index (χ1v) is 7.49. The number of aromatic nitrogens is 2. The van der Waals surface area contributed by atoms with Gasteiger partial charge in [0, 0.05) is 0 Å². The lowest BCUT2D eigenvalue weighted by atomic mass is 10.3. The van der Waals surface area contributed by atoms with Gasteiger partial charge < -0.3 is 10.1 Å². The number of aryl methyl sites for hydroxylation is 1. The van der Waals surface area contributed by atoms with Gasteiger partial charge in [-0.15, -0.1) is 11.3 Å². The van der Waals surface area contributed by atoms with E-state index in [1.54, 1.807) is 17.6 Å². The maximum absolute atomic E-state index is 9.57. The van der Waals surface area contributed by atoms with Gasteiger partial charge in [0.2, 0.25) is 5.88 Å². The maximum Gasteiger partial charge on any atom is 0.209 e. The lowest BCUT2D eigenvalue weighted by Crippen LogP contribution is -1.75. The number of nitrogens with zero attached hydrogens (tertiary/aromatic N) is 2. The Morgan fingerprint density at radius 1 is 1.42 bits per heavy atom. The quantitative estimate of drug-likeness (QED) is 0.551. The van der Waals surface area contributed by atoms with Crippen molar-refractivity contribution >= 4 is 57.0 Å². The summed E-state index contributed by atoms with van der Waals surface area (Å²) in [5.41, 5.74) is 1.82. The number of hydrogen-bond acceptors (Lipinski definition) is 6. The summed E-state index contributed by atoms with van der Waals surface area (Å²) in [7, 11) is 0. The van der Waals surface area contributed by atoms with E-state index in [1.807, 2.05) is 25.1 Å². The molecule has 1 aromatic carbocycles. The number of rotatable bonds is 2. The first-order valence-electron chi connectivity index (χ1n) is 5.45. The molecule has 0 bridgehead atoms. The van der Waals surface area contributed by atoms with Gasteiger partial charge >= 0.3 is 0 Å². The lowest BCUT2D eigenvalue weighted by molar-refractivity contribution is 0.456. The Hall–Kier alpha value is -1.57. The third-order valence-electron chi connectivity index (χ3n) is 2.47. The monoisotopic (exact) mass is 307 g/mol. The second-order valence-corrected chi connectivity index (χ2v) is 6.82. The number of aromatic hydroxyl groups is 1. The van der Waals surface area contributed by atoms with E-state index < -0.39 is 0 Å². The molecule has 19 heavy (non-hydrogen) atoms. The van der Waals surface area contributed by atoms with Crippen molar-refractivity contribution < 1.29 is 5.11 Å². The molecule has 0 fully saturated rings. The van der Waals surface area contributed by atoms with Gasteiger partial charge in [-0.05, 0) is 37.3 Å². The highest BCUT2D eigenvalue weighted by atomic mass is 32.1. The molecule has 3 rings (SSSR count). The van der Waals surface area contributed by atoms with Crippen LogP contribution in [0.15, 0.2) is 23.2 Å². The van der Waals surface area contributed by atoms with Crippen molar-refractivity contribution in [3.63, 3.8) is 0 Å². The van der Waals surface area contributed by atoms with Crippen molar-refractivity contribution in [1.29, 1.82) is 0 Å². The number of nitrogens with one attached hydrogen (secondary N) is 1. The van der Waals surface area contributed by atoms with Crippen LogP contribution in [0.5, 0.6) is 5.88 Å². The van der Waals surface area contributed by atoms with Crippen LogP contribution in [0, 0.1) is 10.9 Å². The van der Waals surface area contributed by atoms with E-state index in [2.05, 4.69) is 15.0 Å².